The van der Waals surface area contributed by atoms with Gasteiger partial charge in [-0.2, -0.15) is 0 Å². The number of aliphatic carboxylic acids is 1. The lowest BCUT2D eigenvalue weighted by molar-refractivity contribution is -0.130. The van der Waals surface area contributed by atoms with Crippen molar-refractivity contribution in [1.82, 2.24) is 0 Å². The fourth-order valence-electron chi connectivity index (χ4n) is 2.16. The second-order valence-corrected chi connectivity index (χ2v) is 4.72. The second kappa shape index (κ2) is 7.26. The van der Waals surface area contributed by atoms with E-state index in [0.29, 0.717) is 23.5 Å². The van der Waals surface area contributed by atoms with Gasteiger partial charge in [-0.1, -0.05) is 30.3 Å². The van der Waals surface area contributed by atoms with Gasteiger partial charge in [0.1, 0.15) is 5.75 Å². The molecule has 0 unspecified atom stereocenters. The maximum Gasteiger partial charge on any atom is 0.336 e. The van der Waals surface area contributed by atoms with Crippen LogP contribution in [0.15, 0.2) is 48.5 Å². The van der Waals surface area contributed by atoms with Crippen LogP contribution < -0.4 is 4.74 Å². The summed E-state index contributed by atoms with van der Waals surface area (Å²) in [6.07, 6.45) is 1.36. The Labute approximate surface area is 133 Å². The van der Waals surface area contributed by atoms with E-state index in [-0.39, 0.29) is 11.1 Å². The zero-order valence-electron chi connectivity index (χ0n) is 12.5. The Morgan fingerprint density at radius 1 is 1.09 bits per heavy atom. The van der Waals surface area contributed by atoms with Gasteiger partial charge in [-0.15, -0.1) is 0 Å². The van der Waals surface area contributed by atoms with Crippen molar-refractivity contribution in [3.8, 4) is 5.75 Å². The van der Waals surface area contributed by atoms with Crippen molar-refractivity contribution in [3.05, 3.63) is 65.2 Å². The van der Waals surface area contributed by atoms with Crippen molar-refractivity contribution in [2.75, 3.05) is 6.61 Å². The Kier molecular flexibility index (Phi) is 5.15. The summed E-state index contributed by atoms with van der Waals surface area (Å²) in [7, 11) is 0. The van der Waals surface area contributed by atoms with Gasteiger partial charge in [0.2, 0.25) is 0 Å². The molecule has 0 aromatic heterocycles. The molecule has 0 saturated carbocycles. The third-order valence-corrected chi connectivity index (χ3v) is 3.18. The highest BCUT2D eigenvalue weighted by atomic mass is 16.5. The third-order valence-electron chi connectivity index (χ3n) is 3.18. The van der Waals surface area contributed by atoms with Crippen molar-refractivity contribution < 1.29 is 24.5 Å². The Hall–Kier alpha value is -3.08. The molecule has 118 valence electrons. The van der Waals surface area contributed by atoms with Gasteiger partial charge in [-0.3, -0.25) is 0 Å². The Morgan fingerprint density at radius 3 is 2.48 bits per heavy atom. The van der Waals surface area contributed by atoms with Crippen LogP contribution in [0.4, 0.5) is 0 Å². The van der Waals surface area contributed by atoms with Gasteiger partial charge in [-0.25, -0.2) is 9.59 Å². The molecule has 0 atom stereocenters. The van der Waals surface area contributed by atoms with E-state index in [4.69, 9.17) is 4.74 Å². The minimum Gasteiger partial charge on any atom is -0.494 e. The first-order valence-corrected chi connectivity index (χ1v) is 7.03. The zero-order valence-corrected chi connectivity index (χ0v) is 12.5. The maximum absolute atomic E-state index is 11.6. The van der Waals surface area contributed by atoms with Crippen LogP contribution in [0.5, 0.6) is 5.75 Å². The summed E-state index contributed by atoms with van der Waals surface area (Å²) in [6, 6.07) is 12.9. The molecule has 0 spiro atoms. The average molecular weight is 312 g/mol. The largest absolute Gasteiger partial charge is 0.494 e. The molecule has 0 fully saturated rings. The number of benzene rings is 2. The first-order valence-electron chi connectivity index (χ1n) is 7.03. The molecule has 23 heavy (non-hydrogen) atoms. The predicted octanol–water partition coefficient (Wildman–Crippen LogP) is 3.41. The summed E-state index contributed by atoms with van der Waals surface area (Å²) in [5, 5.41) is 18.7. The molecule has 0 aliphatic heterocycles. The summed E-state index contributed by atoms with van der Waals surface area (Å²) < 4.78 is 5.37. The van der Waals surface area contributed by atoms with Crippen molar-refractivity contribution in [2.45, 2.75) is 6.92 Å². The number of hydrogen-bond donors (Lipinski definition) is 2. The van der Waals surface area contributed by atoms with E-state index in [2.05, 4.69) is 0 Å². The fraction of sp³-hybridized carbons (Fsp3) is 0.111. The molecule has 2 aromatic carbocycles. The number of carbonyl (C=O) groups is 2. The first kappa shape index (κ1) is 16.3. The third kappa shape index (κ3) is 3.97. The lowest BCUT2D eigenvalue weighted by atomic mass is 10.00. The monoisotopic (exact) mass is 312 g/mol. The van der Waals surface area contributed by atoms with Gasteiger partial charge in [0.15, 0.2) is 0 Å². The van der Waals surface area contributed by atoms with E-state index in [9.17, 15) is 19.8 Å². The fourth-order valence-corrected chi connectivity index (χ4v) is 2.16. The second-order valence-electron chi connectivity index (χ2n) is 4.72. The van der Waals surface area contributed by atoms with Crippen molar-refractivity contribution in [1.29, 1.82) is 0 Å². The predicted molar refractivity (Wildman–Crippen MR) is 86.5 cm³/mol. The number of aromatic carboxylic acids is 1. The molecule has 0 saturated heterocycles. The summed E-state index contributed by atoms with van der Waals surface area (Å²) in [5.74, 6) is -1.69. The van der Waals surface area contributed by atoms with Crippen molar-refractivity contribution >= 4 is 23.6 Å². The lowest BCUT2D eigenvalue weighted by Gasteiger charge is -2.08. The topological polar surface area (TPSA) is 83.8 Å². The molecule has 5 heteroatoms. The average Bonchev–Trinajstić information content (AvgIpc) is 2.53. The molecular formula is C18H16O5. The molecule has 0 radical (unpaired) electrons. The quantitative estimate of drug-likeness (QED) is 0.631. The Morgan fingerprint density at radius 2 is 1.83 bits per heavy atom. The van der Waals surface area contributed by atoms with Crippen LogP contribution in [-0.2, 0) is 4.79 Å². The van der Waals surface area contributed by atoms with Crippen LogP contribution in [0.3, 0.4) is 0 Å². The summed E-state index contributed by atoms with van der Waals surface area (Å²) in [6.45, 7) is 2.31. The SMILES string of the molecule is CCOc1cccc(/C(=C/c2ccccc2C(=O)O)C(=O)O)c1. The van der Waals surface area contributed by atoms with Gasteiger partial charge in [-0.05, 0) is 42.3 Å². The van der Waals surface area contributed by atoms with Gasteiger partial charge < -0.3 is 14.9 Å². The number of carboxylic acids is 2. The lowest BCUT2D eigenvalue weighted by Crippen LogP contribution is -2.03. The zero-order chi connectivity index (χ0) is 16.8. The highest BCUT2D eigenvalue weighted by Gasteiger charge is 2.14. The standard InChI is InChI=1S/C18H16O5/c1-2-23-14-8-5-7-12(10-14)16(18(21)22)11-13-6-3-4-9-15(13)17(19)20/h3-11H,2H2,1H3,(H,19,20)(H,21,22)/b16-11-. The van der Waals surface area contributed by atoms with Gasteiger partial charge in [0, 0.05) is 0 Å². The van der Waals surface area contributed by atoms with Crippen LogP contribution in [0.1, 0.15) is 28.4 Å². The number of hydrogen-bond acceptors (Lipinski definition) is 3. The summed E-state index contributed by atoms with van der Waals surface area (Å²) >= 11 is 0. The Bertz CT molecular complexity index is 762. The minimum absolute atomic E-state index is 0.000234. The summed E-state index contributed by atoms with van der Waals surface area (Å²) in [4.78, 5) is 22.9. The molecule has 2 aromatic rings. The van der Waals surface area contributed by atoms with E-state index in [0.717, 1.165) is 0 Å². The van der Waals surface area contributed by atoms with Gasteiger partial charge in [0.05, 0.1) is 17.7 Å². The van der Waals surface area contributed by atoms with Crippen LogP contribution in [0, 0.1) is 0 Å². The van der Waals surface area contributed by atoms with Crippen LogP contribution in [0.2, 0.25) is 0 Å². The van der Waals surface area contributed by atoms with Crippen LogP contribution in [0.25, 0.3) is 11.6 Å². The molecule has 0 aliphatic carbocycles. The van der Waals surface area contributed by atoms with E-state index >= 15 is 0 Å². The molecule has 2 rings (SSSR count). The molecule has 0 bridgehead atoms. The van der Waals surface area contributed by atoms with Gasteiger partial charge >= 0.3 is 11.9 Å². The van der Waals surface area contributed by atoms with Crippen molar-refractivity contribution in [2.24, 2.45) is 0 Å². The van der Waals surface area contributed by atoms with Crippen LogP contribution in [-0.4, -0.2) is 28.8 Å². The molecule has 5 nitrogen and oxygen atoms in total. The van der Waals surface area contributed by atoms with Gasteiger partial charge in [0.25, 0.3) is 0 Å². The van der Waals surface area contributed by atoms with E-state index in [1.165, 1.54) is 12.1 Å². The van der Waals surface area contributed by atoms with Crippen molar-refractivity contribution in [3.63, 3.8) is 0 Å². The minimum atomic E-state index is -1.14. The molecular weight excluding hydrogens is 296 g/mol. The molecule has 0 amide bonds. The molecule has 2 N–H and O–H groups in total. The number of carboxylic acid groups (broad SMARTS) is 2. The normalized spacial score (nSPS) is 11.1. The van der Waals surface area contributed by atoms with Crippen LogP contribution >= 0.6 is 0 Å². The Balaban J connectivity index is 2.53. The number of ether oxygens (including phenoxy) is 1. The summed E-state index contributed by atoms with van der Waals surface area (Å²) in [5.41, 5.74) is 0.829. The maximum atomic E-state index is 11.6. The number of rotatable bonds is 6. The highest BCUT2D eigenvalue weighted by molar-refractivity contribution is 6.21. The molecule has 0 heterocycles. The van der Waals surface area contributed by atoms with E-state index < -0.39 is 11.9 Å². The van der Waals surface area contributed by atoms with E-state index in [1.807, 2.05) is 6.92 Å². The van der Waals surface area contributed by atoms with E-state index in [1.54, 1.807) is 42.5 Å². The smallest absolute Gasteiger partial charge is 0.336 e. The molecule has 0 aliphatic rings. The highest BCUT2D eigenvalue weighted by Crippen LogP contribution is 2.24. The first-order chi connectivity index (χ1) is 11.0.